The van der Waals surface area contributed by atoms with Crippen molar-refractivity contribution in [1.82, 2.24) is 0 Å². The van der Waals surface area contributed by atoms with E-state index in [1.807, 2.05) is 6.92 Å². The molecule has 2 aromatic carbocycles. The Balaban J connectivity index is 2.42. The Morgan fingerprint density at radius 3 is 2.32 bits per heavy atom. The summed E-state index contributed by atoms with van der Waals surface area (Å²) < 4.78 is 13.8. The molecule has 0 aliphatic heterocycles. The summed E-state index contributed by atoms with van der Waals surface area (Å²) >= 11 is 0. The topological polar surface area (TPSA) is 49.3 Å². The van der Waals surface area contributed by atoms with Gasteiger partial charge in [0, 0.05) is 0 Å². The van der Waals surface area contributed by atoms with Crippen LogP contribution in [0.1, 0.15) is 21.5 Å². The van der Waals surface area contributed by atoms with Crippen LogP contribution in [0.3, 0.4) is 0 Å². The van der Waals surface area contributed by atoms with Crippen molar-refractivity contribution in [2.24, 2.45) is 0 Å². The third kappa shape index (κ3) is 2.91. The second kappa shape index (κ2) is 5.10. The van der Waals surface area contributed by atoms with E-state index in [0.717, 1.165) is 11.1 Å². The summed E-state index contributed by atoms with van der Waals surface area (Å²) in [4.78, 5) is 11.1. The number of carboxylic acid groups (broad SMARTS) is 1. The minimum atomic E-state index is -1.05. The van der Waals surface area contributed by atoms with Crippen molar-refractivity contribution in [3.05, 3.63) is 58.9 Å². The monoisotopic (exact) mass is 259 g/mol. The Morgan fingerprint density at radius 1 is 1.05 bits per heavy atom. The first kappa shape index (κ1) is 13.1. The van der Waals surface area contributed by atoms with Crippen LogP contribution in [0.4, 0.5) is 15.8 Å². The van der Waals surface area contributed by atoms with Gasteiger partial charge in [0.05, 0.1) is 16.9 Å². The molecule has 98 valence electrons. The van der Waals surface area contributed by atoms with Crippen LogP contribution in [-0.2, 0) is 0 Å². The van der Waals surface area contributed by atoms with Gasteiger partial charge in [0.15, 0.2) is 0 Å². The Hall–Kier alpha value is -2.36. The smallest absolute Gasteiger partial charge is 0.337 e. The average Bonchev–Trinajstić information content (AvgIpc) is 2.32. The summed E-state index contributed by atoms with van der Waals surface area (Å²) in [6.45, 7) is 3.64. The maximum Gasteiger partial charge on any atom is 0.337 e. The molecular weight excluding hydrogens is 245 g/mol. The highest BCUT2D eigenvalue weighted by molar-refractivity contribution is 5.95. The number of hydrogen-bond acceptors (Lipinski definition) is 2. The minimum Gasteiger partial charge on any atom is -0.478 e. The first-order chi connectivity index (χ1) is 8.97. The van der Waals surface area contributed by atoms with Crippen molar-refractivity contribution in [3.8, 4) is 0 Å². The summed E-state index contributed by atoms with van der Waals surface area (Å²) in [7, 11) is 0. The first-order valence-electron chi connectivity index (χ1n) is 5.84. The standard InChI is InChI=1S/C15H14FNO2/c1-9-4-6-13(12(16)7-9)17-14-8-10(2)3-5-11(14)15(18)19/h3-8,17H,1-2H3,(H,18,19). The third-order valence-electron chi connectivity index (χ3n) is 2.80. The molecule has 0 bridgehead atoms. The molecule has 0 aromatic heterocycles. The van der Waals surface area contributed by atoms with E-state index in [0.29, 0.717) is 5.69 Å². The molecule has 2 aromatic rings. The fourth-order valence-electron chi connectivity index (χ4n) is 1.81. The average molecular weight is 259 g/mol. The van der Waals surface area contributed by atoms with Gasteiger partial charge in [0.2, 0.25) is 0 Å². The fraction of sp³-hybridized carbons (Fsp3) is 0.133. The molecule has 0 unspecified atom stereocenters. The van der Waals surface area contributed by atoms with Crippen molar-refractivity contribution in [1.29, 1.82) is 0 Å². The van der Waals surface area contributed by atoms with E-state index < -0.39 is 11.8 Å². The molecule has 0 amide bonds. The molecule has 2 rings (SSSR count). The van der Waals surface area contributed by atoms with Crippen LogP contribution >= 0.6 is 0 Å². The lowest BCUT2D eigenvalue weighted by Crippen LogP contribution is -2.04. The molecule has 0 saturated carbocycles. The van der Waals surface area contributed by atoms with Crippen LogP contribution in [0.5, 0.6) is 0 Å². The Kier molecular flexibility index (Phi) is 3.51. The highest BCUT2D eigenvalue weighted by atomic mass is 19.1. The molecule has 0 aliphatic rings. The van der Waals surface area contributed by atoms with E-state index >= 15 is 0 Å². The molecule has 0 spiro atoms. The highest BCUT2D eigenvalue weighted by Gasteiger charge is 2.11. The second-order valence-electron chi connectivity index (χ2n) is 4.46. The van der Waals surface area contributed by atoms with E-state index in [-0.39, 0.29) is 11.3 Å². The van der Waals surface area contributed by atoms with Crippen LogP contribution in [0.25, 0.3) is 0 Å². The van der Waals surface area contributed by atoms with Crippen LogP contribution in [0.2, 0.25) is 0 Å². The number of hydrogen-bond donors (Lipinski definition) is 2. The number of anilines is 2. The van der Waals surface area contributed by atoms with Gasteiger partial charge in [-0.25, -0.2) is 9.18 Å². The maximum atomic E-state index is 13.8. The van der Waals surface area contributed by atoms with Gasteiger partial charge in [-0.2, -0.15) is 0 Å². The number of nitrogens with one attached hydrogen (secondary N) is 1. The molecule has 2 N–H and O–H groups in total. The lowest BCUT2D eigenvalue weighted by atomic mass is 10.1. The molecule has 0 aliphatic carbocycles. The summed E-state index contributed by atoms with van der Waals surface area (Å²) in [5, 5.41) is 11.9. The number of halogens is 1. The molecule has 0 saturated heterocycles. The lowest BCUT2D eigenvalue weighted by Gasteiger charge is -2.11. The highest BCUT2D eigenvalue weighted by Crippen LogP contribution is 2.25. The van der Waals surface area contributed by atoms with Crippen LogP contribution < -0.4 is 5.32 Å². The van der Waals surface area contributed by atoms with Gasteiger partial charge >= 0.3 is 5.97 Å². The van der Waals surface area contributed by atoms with Crippen molar-refractivity contribution < 1.29 is 14.3 Å². The Bertz CT molecular complexity index is 638. The van der Waals surface area contributed by atoms with Gasteiger partial charge in [0.25, 0.3) is 0 Å². The zero-order chi connectivity index (χ0) is 14.0. The lowest BCUT2D eigenvalue weighted by molar-refractivity contribution is 0.0698. The van der Waals surface area contributed by atoms with Gasteiger partial charge in [0.1, 0.15) is 5.82 Å². The van der Waals surface area contributed by atoms with Crippen molar-refractivity contribution in [2.45, 2.75) is 13.8 Å². The van der Waals surface area contributed by atoms with Gasteiger partial charge in [-0.05, 0) is 49.2 Å². The molecule has 4 heteroatoms. The predicted octanol–water partition coefficient (Wildman–Crippen LogP) is 3.88. The van der Waals surface area contributed by atoms with E-state index in [1.54, 1.807) is 31.2 Å². The summed E-state index contributed by atoms with van der Waals surface area (Å²) in [6, 6.07) is 9.66. The van der Waals surface area contributed by atoms with Crippen molar-refractivity contribution >= 4 is 17.3 Å². The van der Waals surface area contributed by atoms with Gasteiger partial charge in [-0.3, -0.25) is 0 Å². The summed E-state index contributed by atoms with van der Waals surface area (Å²) in [6.07, 6.45) is 0. The molecule has 19 heavy (non-hydrogen) atoms. The van der Waals surface area contributed by atoms with E-state index in [1.165, 1.54) is 12.1 Å². The van der Waals surface area contributed by atoms with E-state index in [2.05, 4.69) is 5.32 Å². The largest absolute Gasteiger partial charge is 0.478 e. The number of carboxylic acids is 1. The molecule has 3 nitrogen and oxygen atoms in total. The second-order valence-corrected chi connectivity index (χ2v) is 4.46. The van der Waals surface area contributed by atoms with Crippen molar-refractivity contribution in [2.75, 3.05) is 5.32 Å². The van der Waals surface area contributed by atoms with E-state index in [9.17, 15) is 9.18 Å². The van der Waals surface area contributed by atoms with Crippen LogP contribution in [0, 0.1) is 19.7 Å². The molecule has 0 fully saturated rings. The minimum absolute atomic E-state index is 0.116. The van der Waals surface area contributed by atoms with E-state index in [4.69, 9.17) is 5.11 Å². The number of rotatable bonds is 3. The SMILES string of the molecule is Cc1ccc(Nc2cc(C)ccc2C(=O)O)c(F)c1. The zero-order valence-electron chi connectivity index (χ0n) is 10.7. The first-order valence-corrected chi connectivity index (χ1v) is 5.84. The molecule has 0 radical (unpaired) electrons. The van der Waals surface area contributed by atoms with Gasteiger partial charge < -0.3 is 10.4 Å². The Labute approximate surface area is 110 Å². The number of carbonyl (C=O) groups is 1. The normalized spacial score (nSPS) is 10.3. The third-order valence-corrected chi connectivity index (χ3v) is 2.80. The zero-order valence-corrected chi connectivity index (χ0v) is 10.7. The van der Waals surface area contributed by atoms with Crippen LogP contribution in [-0.4, -0.2) is 11.1 Å². The van der Waals surface area contributed by atoms with Crippen molar-refractivity contribution in [3.63, 3.8) is 0 Å². The van der Waals surface area contributed by atoms with Crippen LogP contribution in [0.15, 0.2) is 36.4 Å². The number of benzene rings is 2. The summed E-state index contributed by atoms with van der Waals surface area (Å²) in [5.41, 5.74) is 2.48. The van der Waals surface area contributed by atoms with Gasteiger partial charge in [-0.15, -0.1) is 0 Å². The molecule has 0 heterocycles. The molecule has 0 atom stereocenters. The quantitative estimate of drug-likeness (QED) is 0.879. The Morgan fingerprint density at radius 2 is 1.68 bits per heavy atom. The number of aryl methyl sites for hydroxylation is 2. The summed E-state index contributed by atoms with van der Waals surface area (Å²) in [5.74, 6) is -1.45. The number of aromatic carboxylic acids is 1. The fourth-order valence-corrected chi connectivity index (χ4v) is 1.81. The predicted molar refractivity (Wildman–Crippen MR) is 72.6 cm³/mol. The maximum absolute atomic E-state index is 13.8. The molecular formula is C15H14FNO2. The van der Waals surface area contributed by atoms with Gasteiger partial charge in [-0.1, -0.05) is 12.1 Å².